The number of likely N-dealkylation sites (N-methyl/N-ethyl adjacent to an activating group) is 1. The van der Waals surface area contributed by atoms with Gasteiger partial charge < -0.3 is 10.2 Å². The molecule has 0 fully saturated rings. The fraction of sp³-hybridized carbons (Fsp3) is 0.400. The Labute approximate surface area is 130 Å². The predicted molar refractivity (Wildman–Crippen MR) is 89.2 cm³/mol. The van der Waals surface area contributed by atoms with E-state index in [1.807, 2.05) is 43.8 Å². The van der Waals surface area contributed by atoms with Crippen molar-refractivity contribution in [3.05, 3.63) is 36.2 Å². The van der Waals surface area contributed by atoms with E-state index in [9.17, 15) is 0 Å². The van der Waals surface area contributed by atoms with Gasteiger partial charge in [0.1, 0.15) is 11.6 Å². The molecule has 6 heteroatoms. The minimum Gasteiger partial charge on any atom is -0.370 e. The van der Waals surface area contributed by atoms with Gasteiger partial charge in [-0.25, -0.2) is 9.97 Å². The summed E-state index contributed by atoms with van der Waals surface area (Å²) in [6.07, 6.45) is 4.71. The summed E-state index contributed by atoms with van der Waals surface area (Å²) < 4.78 is 0. The summed E-state index contributed by atoms with van der Waals surface area (Å²) in [5, 5.41) is 4.03. The highest BCUT2D eigenvalue weighted by Gasteiger charge is 2.08. The maximum Gasteiger partial charge on any atom is 0.191 e. The zero-order valence-electron chi connectivity index (χ0n) is 12.7. The fourth-order valence-corrected chi connectivity index (χ4v) is 2.29. The van der Waals surface area contributed by atoms with Crippen molar-refractivity contribution in [3.8, 4) is 0 Å². The first-order valence-electron chi connectivity index (χ1n) is 7.01. The second-order valence-electron chi connectivity index (χ2n) is 4.62. The van der Waals surface area contributed by atoms with Crippen LogP contribution in [0, 0.1) is 0 Å². The third kappa shape index (κ3) is 4.60. The van der Waals surface area contributed by atoms with Crippen molar-refractivity contribution < 1.29 is 0 Å². The summed E-state index contributed by atoms with van der Waals surface area (Å²) in [6.45, 7) is 3.78. The molecule has 2 aromatic rings. The van der Waals surface area contributed by atoms with Gasteiger partial charge in [0.2, 0.25) is 0 Å². The van der Waals surface area contributed by atoms with Crippen molar-refractivity contribution in [2.45, 2.75) is 18.5 Å². The van der Waals surface area contributed by atoms with Crippen LogP contribution in [0.2, 0.25) is 0 Å². The van der Waals surface area contributed by atoms with E-state index in [0.29, 0.717) is 0 Å². The topological polar surface area (TPSA) is 53.9 Å². The number of nitrogens with zero attached hydrogens (tertiary/aromatic N) is 4. The van der Waals surface area contributed by atoms with Crippen LogP contribution in [0.1, 0.15) is 12.6 Å². The summed E-state index contributed by atoms with van der Waals surface area (Å²) in [6, 6.07) is 7.99. The molecule has 2 heterocycles. The summed E-state index contributed by atoms with van der Waals surface area (Å²) >= 11 is 1.55. The molecule has 0 radical (unpaired) electrons. The second kappa shape index (κ2) is 7.83. The Bertz CT molecular complexity index is 561. The van der Waals surface area contributed by atoms with E-state index in [1.54, 1.807) is 11.8 Å². The molecule has 0 saturated carbocycles. The highest BCUT2D eigenvalue weighted by atomic mass is 32.2. The number of thioether (sulfide) groups is 1. The standard InChI is InChI=1S/C15H21N5S/c1-4-16-13-11-14(19-15(18-13)21-3)20(2)10-8-12-7-5-6-9-17-12/h5-7,9,11H,4,8,10H2,1-3H3,(H,16,18,19). The Hall–Kier alpha value is -1.82. The third-order valence-corrected chi connectivity index (χ3v) is 3.60. The van der Waals surface area contributed by atoms with Crippen molar-refractivity contribution in [1.29, 1.82) is 0 Å². The zero-order valence-corrected chi connectivity index (χ0v) is 13.5. The van der Waals surface area contributed by atoms with Gasteiger partial charge in [-0.2, -0.15) is 0 Å². The molecule has 0 atom stereocenters. The Morgan fingerprint density at radius 3 is 2.81 bits per heavy atom. The van der Waals surface area contributed by atoms with Crippen LogP contribution in [0.3, 0.4) is 0 Å². The lowest BCUT2D eigenvalue weighted by Gasteiger charge is -2.19. The van der Waals surface area contributed by atoms with Crippen molar-refractivity contribution in [3.63, 3.8) is 0 Å². The number of nitrogens with one attached hydrogen (secondary N) is 1. The highest BCUT2D eigenvalue weighted by molar-refractivity contribution is 7.98. The molecule has 0 aliphatic heterocycles. The second-order valence-corrected chi connectivity index (χ2v) is 5.39. The van der Waals surface area contributed by atoms with Crippen molar-refractivity contribution in [1.82, 2.24) is 15.0 Å². The molecule has 5 nitrogen and oxygen atoms in total. The van der Waals surface area contributed by atoms with Gasteiger partial charge in [-0.3, -0.25) is 4.98 Å². The molecule has 0 aliphatic carbocycles. The molecular weight excluding hydrogens is 282 g/mol. The van der Waals surface area contributed by atoms with Crippen LogP contribution in [0.25, 0.3) is 0 Å². The maximum absolute atomic E-state index is 4.56. The van der Waals surface area contributed by atoms with E-state index >= 15 is 0 Å². The molecule has 21 heavy (non-hydrogen) atoms. The average Bonchev–Trinajstić information content (AvgIpc) is 2.53. The Kier molecular flexibility index (Phi) is 5.80. The summed E-state index contributed by atoms with van der Waals surface area (Å²) in [7, 11) is 2.05. The Balaban J connectivity index is 2.07. The quantitative estimate of drug-likeness (QED) is 0.627. The molecule has 0 bridgehead atoms. The van der Waals surface area contributed by atoms with Gasteiger partial charge in [0.25, 0.3) is 0 Å². The largest absolute Gasteiger partial charge is 0.370 e. The van der Waals surface area contributed by atoms with Crippen LogP contribution in [0.5, 0.6) is 0 Å². The van der Waals surface area contributed by atoms with Gasteiger partial charge in [0, 0.05) is 44.5 Å². The number of hydrogen-bond acceptors (Lipinski definition) is 6. The van der Waals surface area contributed by atoms with Crippen LogP contribution >= 0.6 is 11.8 Å². The lowest BCUT2D eigenvalue weighted by molar-refractivity contribution is 0.819. The van der Waals surface area contributed by atoms with Crippen LogP contribution < -0.4 is 10.2 Å². The van der Waals surface area contributed by atoms with Gasteiger partial charge in [-0.05, 0) is 25.3 Å². The van der Waals surface area contributed by atoms with Crippen molar-refractivity contribution >= 4 is 23.4 Å². The zero-order chi connectivity index (χ0) is 15.1. The molecule has 0 aliphatic rings. The lowest BCUT2D eigenvalue weighted by Crippen LogP contribution is -2.22. The number of hydrogen-bond donors (Lipinski definition) is 1. The molecule has 0 spiro atoms. The molecule has 1 N–H and O–H groups in total. The molecule has 2 aromatic heterocycles. The molecule has 0 unspecified atom stereocenters. The minimum atomic E-state index is 0.785. The van der Waals surface area contributed by atoms with Crippen molar-refractivity contribution in [2.24, 2.45) is 0 Å². The van der Waals surface area contributed by atoms with Crippen LogP contribution in [-0.4, -0.2) is 41.3 Å². The van der Waals surface area contributed by atoms with Gasteiger partial charge >= 0.3 is 0 Å². The summed E-state index contributed by atoms with van der Waals surface area (Å²) in [5.41, 5.74) is 1.09. The molecular formula is C15H21N5S. The molecule has 0 saturated heterocycles. The molecule has 2 rings (SSSR count). The smallest absolute Gasteiger partial charge is 0.191 e. The third-order valence-electron chi connectivity index (χ3n) is 3.05. The number of pyridine rings is 1. The summed E-state index contributed by atoms with van der Waals surface area (Å²) in [5.74, 6) is 1.80. The monoisotopic (exact) mass is 303 g/mol. The van der Waals surface area contributed by atoms with Crippen molar-refractivity contribution in [2.75, 3.05) is 36.6 Å². The first kappa shape index (κ1) is 15.6. The highest BCUT2D eigenvalue weighted by Crippen LogP contribution is 2.19. The van der Waals surface area contributed by atoms with E-state index in [0.717, 1.165) is 42.0 Å². The first-order chi connectivity index (χ1) is 10.2. The fourth-order valence-electron chi connectivity index (χ4n) is 1.91. The lowest BCUT2D eigenvalue weighted by atomic mass is 10.2. The normalized spacial score (nSPS) is 10.4. The van der Waals surface area contributed by atoms with Crippen LogP contribution in [0.15, 0.2) is 35.6 Å². The van der Waals surface area contributed by atoms with E-state index < -0.39 is 0 Å². The summed E-state index contributed by atoms with van der Waals surface area (Å²) in [4.78, 5) is 15.5. The predicted octanol–water partition coefficient (Wildman–Crippen LogP) is 2.70. The number of anilines is 2. The first-order valence-corrected chi connectivity index (χ1v) is 8.23. The molecule has 112 valence electrons. The van der Waals surface area contributed by atoms with Gasteiger partial charge in [-0.15, -0.1) is 0 Å². The van der Waals surface area contributed by atoms with E-state index in [1.165, 1.54) is 0 Å². The van der Waals surface area contributed by atoms with Crippen LogP contribution in [0.4, 0.5) is 11.6 Å². The van der Waals surface area contributed by atoms with E-state index in [2.05, 4.69) is 32.1 Å². The van der Waals surface area contributed by atoms with Gasteiger partial charge in [0.05, 0.1) is 0 Å². The number of rotatable bonds is 7. The Morgan fingerprint density at radius 1 is 1.29 bits per heavy atom. The Morgan fingerprint density at radius 2 is 2.14 bits per heavy atom. The van der Waals surface area contributed by atoms with Gasteiger partial charge in [0.15, 0.2) is 5.16 Å². The van der Waals surface area contributed by atoms with E-state index in [4.69, 9.17) is 0 Å². The molecule has 0 aromatic carbocycles. The number of aromatic nitrogens is 3. The van der Waals surface area contributed by atoms with Gasteiger partial charge in [-0.1, -0.05) is 17.8 Å². The maximum atomic E-state index is 4.56. The SMILES string of the molecule is CCNc1cc(N(C)CCc2ccccn2)nc(SC)n1. The van der Waals surface area contributed by atoms with Crippen LogP contribution in [-0.2, 0) is 6.42 Å². The molecule has 0 amide bonds. The minimum absolute atomic E-state index is 0.785. The van der Waals surface area contributed by atoms with E-state index in [-0.39, 0.29) is 0 Å². The average molecular weight is 303 g/mol.